The van der Waals surface area contributed by atoms with Crippen molar-refractivity contribution in [1.29, 1.82) is 0 Å². The van der Waals surface area contributed by atoms with Crippen molar-refractivity contribution in [1.82, 2.24) is 0 Å². The zero-order chi connectivity index (χ0) is 15.6. The van der Waals surface area contributed by atoms with Crippen LogP contribution in [-0.2, 0) is 14.6 Å². The highest BCUT2D eigenvalue weighted by Gasteiger charge is 2.41. The average Bonchev–Trinajstić information content (AvgIpc) is 2.37. The summed E-state index contributed by atoms with van der Waals surface area (Å²) in [6, 6.07) is 5.94. The molecule has 5 nitrogen and oxygen atoms in total. The Bertz CT molecular complexity index is 576. The number of carboxylic acid groups (broad SMARTS) is 1. The maximum atomic E-state index is 11.4. The molecule has 6 heteroatoms. The van der Waals surface area contributed by atoms with Crippen molar-refractivity contribution in [2.45, 2.75) is 43.1 Å². The van der Waals surface area contributed by atoms with Gasteiger partial charge in [0, 0.05) is 12.2 Å². The van der Waals surface area contributed by atoms with Crippen LogP contribution in [0.1, 0.15) is 38.2 Å². The highest BCUT2D eigenvalue weighted by atomic mass is 32.2. The average molecular weight is 300 g/mol. The molecule has 0 heterocycles. The summed E-state index contributed by atoms with van der Waals surface area (Å²) in [6.45, 7) is 3.42. The third kappa shape index (κ3) is 3.37. The molecular formula is C14H20O5S. The van der Waals surface area contributed by atoms with E-state index >= 15 is 0 Å². The molecule has 0 saturated heterocycles. The van der Waals surface area contributed by atoms with Gasteiger partial charge in [-0.05, 0) is 24.1 Å². The van der Waals surface area contributed by atoms with E-state index in [2.05, 4.69) is 0 Å². The summed E-state index contributed by atoms with van der Waals surface area (Å²) in [4.78, 5) is 11.5. The normalized spacial score (nSPS) is 16.4. The number of aliphatic carboxylic acids is 1. The lowest BCUT2D eigenvalue weighted by molar-refractivity contribution is -0.161. The molecule has 112 valence electrons. The van der Waals surface area contributed by atoms with Crippen LogP contribution in [0.5, 0.6) is 0 Å². The third-order valence-electron chi connectivity index (χ3n) is 3.53. The van der Waals surface area contributed by atoms with E-state index in [0.29, 0.717) is 12.0 Å². The Morgan fingerprint density at radius 3 is 2.15 bits per heavy atom. The van der Waals surface area contributed by atoms with Crippen LogP contribution in [-0.4, -0.2) is 36.5 Å². The van der Waals surface area contributed by atoms with Crippen LogP contribution in [0.4, 0.5) is 0 Å². The number of hydrogen-bond acceptors (Lipinski definition) is 4. The minimum Gasteiger partial charge on any atom is -0.479 e. The summed E-state index contributed by atoms with van der Waals surface area (Å²) >= 11 is 0. The Balaban J connectivity index is 3.14. The molecular weight excluding hydrogens is 280 g/mol. The molecule has 1 rings (SSSR count). The first-order valence-electron chi connectivity index (χ1n) is 6.38. The second-order valence-corrected chi connectivity index (χ2v) is 7.06. The van der Waals surface area contributed by atoms with Gasteiger partial charge in [0.2, 0.25) is 0 Å². The quantitative estimate of drug-likeness (QED) is 0.836. The fourth-order valence-electron chi connectivity index (χ4n) is 2.17. The van der Waals surface area contributed by atoms with Crippen molar-refractivity contribution in [3.05, 3.63) is 29.8 Å². The number of sulfone groups is 1. The molecule has 0 amide bonds. The molecule has 2 unspecified atom stereocenters. The molecule has 20 heavy (non-hydrogen) atoms. The Morgan fingerprint density at radius 2 is 1.80 bits per heavy atom. The fraction of sp³-hybridized carbons (Fsp3) is 0.500. The molecule has 1 aromatic rings. The van der Waals surface area contributed by atoms with Crippen molar-refractivity contribution in [2.24, 2.45) is 0 Å². The lowest BCUT2D eigenvalue weighted by Gasteiger charge is -2.30. The maximum Gasteiger partial charge on any atom is 0.336 e. The minimum absolute atomic E-state index is 0.136. The van der Waals surface area contributed by atoms with Gasteiger partial charge in [0.1, 0.15) is 0 Å². The summed E-state index contributed by atoms with van der Waals surface area (Å²) < 4.78 is 22.8. The van der Waals surface area contributed by atoms with Crippen molar-refractivity contribution in [2.75, 3.05) is 6.26 Å². The zero-order valence-corrected chi connectivity index (χ0v) is 12.6. The standard InChI is InChI=1S/C14H20O5S/c1-4-9-14(17,13(15)16)10(2)11-5-7-12(8-6-11)20(3,18)19/h5-8,10,17H,4,9H2,1-3H3,(H,15,16). The van der Waals surface area contributed by atoms with E-state index in [4.69, 9.17) is 0 Å². The monoisotopic (exact) mass is 300 g/mol. The van der Waals surface area contributed by atoms with E-state index < -0.39 is 27.3 Å². The number of hydrogen-bond donors (Lipinski definition) is 2. The Morgan fingerprint density at radius 1 is 1.30 bits per heavy atom. The van der Waals surface area contributed by atoms with Crippen molar-refractivity contribution in [3.63, 3.8) is 0 Å². The van der Waals surface area contributed by atoms with Gasteiger partial charge in [-0.1, -0.05) is 32.4 Å². The van der Waals surface area contributed by atoms with Crippen molar-refractivity contribution in [3.8, 4) is 0 Å². The first-order valence-corrected chi connectivity index (χ1v) is 8.28. The SMILES string of the molecule is CCCC(O)(C(=O)O)C(C)c1ccc(S(C)(=O)=O)cc1. The van der Waals surface area contributed by atoms with Crippen LogP contribution in [0.2, 0.25) is 0 Å². The molecule has 0 fully saturated rings. The molecule has 0 aliphatic heterocycles. The molecule has 0 aliphatic rings. The van der Waals surface area contributed by atoms with Gasteiger partial charge in [-0.3, -0.25) is 0 Å². The number of aliphatic hydroxyl groups is 1. The summed E-state index contributed by atoms with van der Waals surface area (Å²) in [5.41, 5.74) is -1.25. The third-order valence-corrected chi connectivity index (χ3v) is 4.65. The Hall–Kier alpha value is -1.40. The predicted octanol–water partition coefficient (Wildman–Crippen LogP) is 1.81. The second-order valence-electron chi connectivity index (χ2n) is 5.04. The summed E-state index contributed by atoms with van der Waals surface area (Å²) in [6.07, 6.45) is 1.78. The van der Waals surface area contributed by atoms with Crippen LogP contribution in [0.15, 0.2) is 29.2 Å². The van der Waals surface area contributed by atoms with Crippen LogP contribution in [0.3, 0.4) is 0 Å². The van der Waals surface area contributed by atoms with Gasteiger partial charge in [-0.25, -0.2) is 13.2 Å². The topological polar surface area (TPSA) is 91.7 Å². The molecule has 2 N–H and O–H groups in total. The molecule has 0 spiro atoms. The van der Waals surface area contributed by atoms with Crippen LogP contribution in [0.25, 0.3) is 0 Å². The van der Waals surface area contributed by atoms with Crippen LogP contribution < -0.4 is 0 Å². The van der Waals surface area contributed by atoms with Gasteiger partial charge in [0.25, 0.3) is 0 Å². The molecule has 2 atom stereocenters. The highest BCUT2D eigenvalue weighted by molar-refractivity contribution is 7.90. The highest BCUT2D eigenvalue weighted by Crippen LogP contribution is 2.32. The van der Waals surface area contributed by atoms with Gasteiger partial charge >= 0.3 is 5.97 Å². The van der Waals surface area contributed by atoms with Gasteiger partial charge in [-0.15, -0.1) is 0 Å². The largest absolute Gasteiger partial charge is 0.479 e. The Labute approximate surface area is 119 Å². The van der Waals surface area contributed by atoms with Crippen molar-refractivity contribution < 1.29 is 23.4 Å². The lowest BCUT2D eigenvalue weighted by atomic mass is 9.80. The van der Waals surface area contributed by atoms with E-state index in [1.165, 1.54) is 12.1 Å². The molecule has 0 bridgehead atoms. The van der Waals surface area contributed by atoms with Gasteiger partial charge in [-0.2, -0.15) is 0 Å². The van der Waals surface area contributed by atoms with Gasteiger partial charge in [0.05, 0.1) is 4.90 Å². The van der Waals surface area contributed by atoms with E-state index in [0.717, 1.165) is 6.26 Å². The van der Waals surface area contributed by atoms with Gasteiger partial charge in [0.15, 0.2) is 15.4 Å². The molecule has 0 aromatic heterocycles. The maximum absolute atomic E-state index is 11.4. The molecule has 0 radical (unpaired) electrons. The summed E-state index contributed by atoms with van der Waals surface area (Å²) in [5, 5.41) is 19.6. The van der Waals surface area contributed by atoms with Crippen LogP contribution >= 0.6 is 0 Å². The number of carbonyl (C=O) groups is 1. The first kappa shape index (κ1) is 16.7. The smallest absolute Gasteiger partial charge is 0.336 e. The number of benzene rings is 1. The number of rotatable bonds is 6. The lowest BCUT2D eigenvalue weighted by Crippen LogP contribution is -2.43. The van der Waals surface area contributed by atoms with E-state index in [1.54, 1.807) is 26.0 Å². The predicted molar refractivity (Wildman–Crippen MR) is 75.5 cm³/mol. The molecule has 0 aliphatic carbocycles. The van der Waals surface area contributed by atoms with E-state index in [9.17, 15) is 23.4 Å². The van der Waals surface area contributed by atoms with Crippen molar-refractivity contribution >= 4 is 15.8 Å². The minimum atomic E-state index is -3.29. The second kappa shape index (κ2) is 5.93. The van der Waals surface area contributed by atoms with Gasteiger partial charge < -0.3 is 10.2 Å². The van der Waals surface area contributed by atoms with Crippen LogP contribution in [0, 0.1) is 0 Å². The Kier molecular flexibility index (Phi) is 4.94. The number of carboxylic acids is 1. The van der Waals surface area contributed by atoms with E-state index in [-0.39, 0.29) is 11.3 Å². The zero-order valence-electron chi connectivity index (χ0n) is 11.8. The fourth-order valence-corrected chi connectivity index (χ4v) is 2.80. The molecule has 0 saturated carbocycles. The van der Waals surface area contributed by atoms with E-state index in [1.807, 2.05) is 0 Å². The first-order chi connectivity index (χ1) is 9.13. The summed E-state index contributed by atoms with van der Waals surface area (Å²) in [7, 11) is -3.29. The molecule has 1 aromatic carbocycles. The summed E-state index contributed by atoms with van der Waals surface area (Å²) in [5.74, 6) is -1.90.